The average Bonchev–Trinajstić information content (AvgIpc) is 2.28. The molecule has 82 valence electrons. The molecular weight excluding hydrogens is 209 g/mol. The van der Waals surface area contributed by atoms with Gasteiger partial charge in [-0.2, -0.15) is 0 Å². The third kappa shape index (κ3) is 2.11. The van der Waals surface area contributed by atoms with E-state index in [0.717, 1.165) is 0 Å². The summed E-state index contributed by atoms with van der Waals surface area (Å²) in [5.41, 5.74) is 0.917. The molecule has 1 heterocycles. The Morgan fingerprint density at radius 3 is 2.75 bits per heavy atom. The first-order chi connectivity index (χ1) is 7.69. The van der Waals surface area contributed by atoms with Crippen LogP contribution in [0.1, 0.15) is 0 Å². The fourth-order valence-electron chi connectivity index (χ4n) is 1.45. The van der Waals surface area contributed by atoms with Crippen LogP contribution in [0.25, 0.3) is 11.3 Å². The molecule has 2 aromatic rings. The average molecular weight is 219 g/mol. The molecule has 1 N–H and O–H groups in total. The lowest BCUT2D eigenvalue weighted by Crippen LogP contribution is -2.03. The summed E-state index contributed by atoms with van der Waals surface area (Å²) in [4.78, 5) is 13.7. The second kappa shape index (κ2) is 4.18. The molecule has 0 spiro atoms. The summed E-state index contributed by atoms with van der Waals surface area (Å²) in [6, 6.07) is 9.01. The van der Waals surface area contributed by atoms with E-state index in [-0.39, 0.29) is 5.56 Å². The van der Waals surface area contributed by atoms with E-state index in [1.165, 1.54) is 25.3 Å². The molecule has 0 saturated heterocycles. The molecule has 0 aliphatic heterocycles. The maximum absolute atomic E-state index is 13.2. The van der Waals surface area contributed by atoms with Crippen molar-refractivity contribution in [3.63, 3.8) is 0 Å². The summed E-state index contributed by atoms with van der Waals surface area (Å²) in [6.07, 6.45) is 0. The predicted octanol–water partition coefficient (Wildman–Crippen LogP) is 2.19. The lowest BCUT2D eigenvalue weighted by molar-refractivity contribution is 0.411. The van der Waals surface area contributed by atoms with E-state index in [2.05, 4.69) is 4.98 Å². The fraction of sp³-hybridized carbons (Fsp3) is 0.0833. The van der Waals surface area contributed by atoms with Crippen LogP contribution in [-0.4, -0.2) is 12.1 Å². The highest BCUT2D eigenvalue weighted by Crippen LogP contribution is 2.23. The van der Waals surface area contributed by atoms with Gasteiger partial charge in [-0.25, -0.2) is 4.39 Å². The quantitative estimate of drug-likeness (QED) is 0.841. The number of H-pyrrole nitrogens is 1. The van der Waals surface area contributed by atoms with Crippen molar-refractivity contribution in [1.82, 2.24) is 4.98 Å². The number of methoxy groups -OCH3 is 1. The van der Waals surface area contributed by atoms with Gasteiger partial charge in [0.2, 0.25) is 5.56 Å². The highest BCUT2D eigenvalue weighted by atomic mass is 19.1. The molecule has 16 heavy (non-hydrogen) atoms. The molecule has 0 radical (unpaired) electrons. The van der Waals surface area contributed by atoms with Gasteiger partial charge in [-0.3, -0.25) is 4.79 Å². The number of halogens is 1. The zero-order valence-corrected chi connectivity index (χ0v) is 8.66. The van der Waals surface area contributed by atoms with Gasteiger partial charge in [0.1, 0.15) is 11.6 Å². The third-order valence-electron chi connectivity index (χ3n) is 2.19. The first-order valence-electron chi connectivity index (χ1n) is 4.73. The molecule has 1 aromatic carbocycles. The van der Waals surface area contributed by atoms with Gasteiger partial charge in [-0.15, -0.1) is 0 Å². The molecular formula is C12H10FNO2. The van der Waals surface area contributed by atoms with Crippen molar-refractivity contribution in [1.29, 1.82) is 0 Å². The Hall–Kier alpha value is -2.10. The van der Waals surface area contributed by atoms with Crippen molar-refractivity contribution in [3.05, 3.63) is 52.6 Å². The molecule has 0 fully saturated rings. The standard InChI is InChI=1S/C12H10FNO2/c1-16-10-6-8(5-9(13)7-10)11-3-2-4-12(15)14-11/h2-7H,1H3,(H,14,15). The summed E-state index contributed by atoms with van der Waals surface area (Å²) in [5, 5.41) is 0. The van der Waals surface area contributed by atoms with Gasteiger partial charge in [0.25, 0.3) is 0 Å². The number of ether oxygens (including phenoxy) is 1. The third-order valence-corrected chi connectivity index (χ3v) is 2.19. The van der Waals surface area contributed by atoms with Crippen LogP contribution in [0.15, 0.2) is 41.2 Å². The number of hydrogen-bond donors (Lipinski definition) is 1. The first-order valence-corrected chi connectivity index (χ1v) is 4.73. The summed E-state index contributed by atoms with van der Waals surface area (Å²) in [5.74, 6) is 0.0127. The number of rotatable bonds is 2. The Kier molecular flexibility index (Phi) is 2.72. The van der Waals surface area contributed by atoms with Crippen LogP contribution in [0.3, 0.4) is 0 Å². The Morgan fingerprint density at radius 1 is 1.25 bits per heavy atom. The minimum Gasteiger partial charge on any atom is -0.497 e. The number of hydrogen-bond acceptors (Lipinski definition) is 2. The van der Waals surface area contributed by atoms with E-state index in [1.54, 1.807) is 18.2 Å². The molecule has 1 aromatic heterocycles. The highest BCUT2D eigenvalue weighted by molar-refractivity contribution is 5.61. The van der Waals surface area contributed by atoms with Gasteiger partial charge in [0.15, 0.2) is 0 Å². The second-order valence-corrected chi connectivity index (χ2v) is 3.31. The Bertz CT molecular complexity index is 563. The van der Waals surface area contributed by atoms with Crippen LogP contribution in [0.5, 0.6) is 5.75 Å². The zero-order chi connectivity index (χ0) is 11.5. The van der Waals surface area contributed by atoms with Crippen LogP contribution < -0.4 is 10.3 Å². The maximum atomic E-state index is 13.2. The number of aromatic nitrogens is 1. The number of aromatic amines is 1. The van der Waals surface area contributed by atoms with Crippen molar-refractivity contribution >= 4 is 0 Å². The lowest BCUT2D eigenvalue weighted by Gasteiger charge is -2.05. The Balaban J connectivity index is 2.55. The van der Waals surface area contributed by atoms with Gasteiger partial charge in [0, 0.05) is 23.4 Å². The van der Waals surface area contributed by atoms with Gasteiger partial charge in [0.05, 0.1) is 7.11 Å². The van der Waals surface area contributed by atoms with Crippen molar-refractivity contribution in [2.24, 2.45) is 0 Å². The largest absolute Gasteiger partial charge is 0.497 e. The summed E-state index contributed by atoms with van der Waals surface area (Å²) < 4.78 is 18.2. The van der Waals surface area contributed by atoms with E-state index in [4.69, 9.17) is 4.74 Å². The topological polar surface area (TPSA) is 42.1 Å². The lowest BCUT2D eigenvalue weighted by atomic mass is 10.1. The van der Waals surface area contributed by atoms with E-state index in [1.807, 2.05) is 0 Å². The molecule has 0 aliphatic carbocycles. The molecule has 0 saturated carbocycles. The first kappa shape index (κ1) is 10.4. The van der Waals surface area contributed by atoms with E-state index in [0.29, 0.717) is 17.0 Å². The van der Waals surface area contributed by atoms with E-state index >= 15 is 0 Å². The normalized spacial score (nSPS) is 10.1. The van der Waals surface area contributed by atoms with Crippen LogP contribution in [0.4, 0.5) is 4.39 Å². The highest BCUT2D eigenvalue weighted by Gasteiger charge is 2.03. The number of benzene rings is 1. The Morgan fingerprint density at radius 2 is 2.06 bits per heavy atom. The van der Waals surface area contributed by atoms with E-state index in [9.17, 15) is 9.18 Å². The van der Waals surface area contributed by atoms with Crippen LogP contribution in [0.2, 0.25) is 0 Å². The summed E-state index contributed by atoms with van der Waals surface area (Å²) >= 11 is 0. The van der Waals surface area contributed by atoms with Crippen molar-refractivity contribution in [2.45, 2.75) is 0 Å². The molecule has 0 atom stereocenters. The van der Waals surface area contributed by atoms with Crippen LogP contribution in [0, 0.1) is 5.82 Å². The van der Waals surface area contributed by atoms with Crippen LogP contribution in [-0.2, 0) is 0 Å². The smallest absolute Gasteiger partial charge is 0.248 e. The molecule has 3 nitrogen and oxygen atoms in total. The minimum atomic E-state index is -0.404. The minimum absolute atomic E-state index is 0.222. The zero-order valence-electron chi connectivity index (χ0n) is 8.66. The monoisotopic (exact) mass is 219 g/mol. The molecule has 0 aliphatic rings. The van der Waals surface area contributed by atoms with E-state index < -0.39 is 5.82 Å². The number of nitrogens with one attached hydrogen (secondary N) is 1. The van der Waals surface area contributed by atoms with Gasteiger partial charge in [-0.05, 0) is 18.2 Å². The van der Waals surface area contributed by atoms with Crippen molar-refractivity contribution in [3.8, 4) is 17.0 Å². The second-order valence-electron chi connectivity index (χ2n) is 3.31. The van der Waals surface area contributed by atoms with Gasteiger partial charge in [-0.1, -0.05) is 6.07 Å². The molecule has 0 amide bonds. The maximum Gasteiger partial charge on any atom is 0.248 e. The van der Waals surface area contributed by atoms with Gasteiger partial charge < -0.3 is 9.72 Å². The SMILES string of the molecule is COc1cc(F)cc(-c2cccc(=O)[nH]2)c1. The fourth-order valence-corrected chi connectivity index (χ4v) is 1.45. The molecule has 0 bridgehead atoms. The Labute approximate surface area is 91.5 Å². The summed E-state index contributed by atoms with van der Waals surface area (Å²) in [6.45, 7) is 0. The number of pyridine rings is 1. The van der Waals surface area contributed by atoms with Crippen LogP contribution >= 0.6 is 0 Å². The van der Waals surface area contributed by atoms with Crippen molar-refractivity contribution < 1.29 is 9.13 Å². The van der Waals surface area contributed by atoms with Gasteiger partial charge >= 0.3 is 0 Å². The summed E-state index contributed by atoms with van der Waals surface area (Å²) in [7, 11) is 1.46. The van der Waals surface area contributed by atoms with Crippen molar-refractivity contribution in [2.75, 3.05) is 7.11 Å². The predicted molar refractivity (Wildman–Crippen MR) is 59.0 cm³/mol. The molecule has 0 unspecified atom stereocenters. The molecule has 2 rings (SSSR count). The molecule has 4 heteroatoms.